The van der Waals surface area contributed by atoms with E-state index < -0.39 is 23.7 Å². The molecule has 0 bridgehead atoms. The second-order valence-corrected chi connectivity index (χ2v) is 3.43. The molecule has 0 aromatic heterocycles. The van der Waals surface area contributed by atoms with Crippen molar-refractivity contribution < 1.29 is 22.7 Å². The molecule has 1 aromatic rings. The predicted octanol–water partition coefficient (Wildman–Crippen LogP) is 3.18. The maximum absolute atomic E-state index is 12.9. The van der Waals surface area contributed by atoms with Crippen molar-refractivity contribution in [2.45, 2.75) is 12.3 Å². The van der Waals surface area contributed by atoms with Gasteiger partial charge in [0.1, 0.15) is 5.82 Å². The highest BCUT2D eigenvalue weighted by molar-refractivity contribution is 9.10. The highest BCUT2D eigenvalue weighted by atomic mass is 79.9. The van der Waals surface area contributed by atoms with E-state index in [1.54, 1.807) is 0 Å². The Bertz CT molecular complexity index is 316. The Balaban J connectivity index is 3.19. The summed E-state index contributed by atoms with van der Waals surface area (Å²) in [6.07, 6.45) is -7.68. The van der Waals surface area contributed by atoms with Gasteiger partial charge in [-0.05, 0) is 12.1 Å². The van der Waals surface area contributed by atoms with Crippen molar-refractivity contribution >= 4 is 15.9 Å². The van der Waals surface area contributed by atoms with Crippen molar-refractivity contribution in [3.63, 3.8) is 0 Å². The molecule has 0 amide bonds. The number of benzene rings is 1. The van der Waals surface area contributed by atoms with E-state index >= 15 is 0 Å². The number of rotatable bonds is 1. The van der Waals surface area contributed by atoms with Crippen LogP contribution < -0.4 is 0 Å². The summed E-state index contributed by atoms with van der Waals surface area (Å²) in [6.45, 7) is 0. The molecule has 1 nitrogen and oxygen atoms in total. The van der Waals surface area contributed by atoms with Gasteiger partial charge in [-0.2, -0.15) is 13.2 Å². The Morgan fingerprint density at radius 2 is 1.86 bits per heavy atom. The third kappa shape index (κ3) is 2.24. The van der Waals surface area contributed by atoms with Gasteiger partial charge in [0.15, 0.2) is 6.10 Å². The Morgan fingerprint density at radius 1 is 1.29 bits per heavy atom. The second-order valence-electron chi connectivity index (χ2n) is 2.58. The first kappa shape index (κ1) is 11.5. The number of hydrogen-bond donors (Lipinski definition) is 1. The minimum absolute atomic E-state index is 0.109. The molecule has 0 fully saturated rings. The molecule has 78 valence electrons. The summed E-state index contributed by atoms with van der Waals surface area (Å²) in [4.78, 5) is 0. The van der Waals surface area contributed by atoms with Crippen LogP contribution in [0.4, 0.5) is 17.6 Å². The summed E-state index contributed by atoms with van der Waals surface area (Å²) >= 11 is 2.74. The van der Waals surface area contributed by atoms with Gasteiger partial charge in [-0.1, -0.05) is 22.0 Å². The van der Waals surface area contributed by atoms with Gasteiger partial charge in [-0.3, -0.25) is 0 Å². The standard InChI is InChI=1S/C8H5BrF4O/c9-4-2-1-3-5(10)6(4)7(14)8(11,12)13/h1-3,7,14H/t7-/m1/s1. The topological polar surface area (TPSA) is 20.2 Å². The molecule has 0 aliphatic carbocycles. The zero-order chi connectivity index (χ0) is 10.9. The first-order valence-corrected chi connectivity index (χ1v) is 4.32. The van der Waals surface area contributed by atoms with Crippen LogP contribution in [0, 0.1) is 5.82 Å². The van der Waals surface area contributed by atoms with Crippen molar-refractivity contribution in [2.75, 3.05) is 0 Å². The van der Waals surface area contributed by atoms with E-state index in [1.807, 2.05) is 0 Å². The molecule has 1 rings (SSSR count). The molecule has 1 atom stereocenters. The fraction of sp³-hybridized carbons (Fsp3) is 0.250. The molecular formula is C8H5BrF4O. The lowest BCUT2D eigenvalue weighted by Crippen LogP contribution is -2.21. The number of aliphatic hydroxyl groups is 1. The van der Waals surface area contributed by atoms with Gasteiger partial charge >= 0.3 is 6.18 Å². The predicted molar refractivity (Wildman–Crippen MR) is 45.1 cm³/mol. The fourth-order valence-electron chi connectivity index (χ4n) is 0.936. The van der Waals surface area contributed by atoms with E-state index in [9.17, 15) is 17.6 Å². The average Bonchev–Trinajstić information content (AvgIpc) is 2.01. The summed E-state index contributed by atoms with van der Waals surface area (Å²) in [5, 5.41) is 8.82. The third-order valence-electron chi connectivity index (χ3n) is 1.58. The van der Waals surface area contributed by atoms with Crippen LogP contribution in [-0.2, 0) is 0 Å². The van der Waals surface area contributed by atoms with Crippen LogP contribution in [0.5, 0.6) is 0 Å². The normalized spacial score (nSPS) is 14.1. The first-order chi connectivity index (χ1) is 6.34. The first-order valence-electron chi connectivity index (χ1n) is 3.52. The highest BCUT2D eigenvalue weighted by Gasteiger charge is 2.41. The third-order valence-corrected chi connectivity index (χ3v) is 2.27. The number of aliphatic hydroxyl groups excluding tert-OH is 1. The molecule has 0 aliphatic heterocycles. The molecule has 0 heterocycles. The Morgan fingerprint density at radius 3 is 2.29 bits per heavy atom. The molecule has 0 spiro atoms. The smallest absolute Gasteiger partial charge is 0.379 e. The molecule has 6 heteroatoms. The van der Waals surface area contributed by atoms with E-state index in [1.165, 1.54) is 12.1 Å². The second kappa shape index (κ2) is 3.86. The van der Waals surface area contributed by atoms with Gasteiger partial charge in [0.25, 0.3) is 0 Å². The number of halogens is 5. The zero-order valence-corrected chi connectivity index (χ0v) is 8.23. The molecular weight excluding hydrogens is 268 g/mol. The van der Waals surface area contributed by atoms with Gasteiger partial charge in [0.05, 0.1) is 0 Å². The maximum Gasteiger partial charge on any atom is 0.418 e. The van der Waals surface area contributed by atoms with Crippen molar-refractivity contribution in [1.29, 1.82) is 0 Å². The van der Waals surface area contributed by atoms with Crippen LogP contribution in [0.25, 0.3) is 0 Å². The van der Waals surface area contributed by atoms with Crippen molar-refractivity contribution in [1.82, 2.24) is 0 Å². The molecule has 0 radical (unpaired) electrons. The lowest BCUT2D eigenvalue weighted by molar-refractivity contribution is -0.207. The number of alkyl halides is 3. The SMILES string of the molecule is O[C@H](c1c(F)cccc1Br)C(F)(F)F. The average molecular weight is 273 g/mol. The summed E-state index contributed by atoms with van der Waals surface area (Å²) in [7, 11) is 0. The molecule has 0 aliphatic rings. The Hall–Kier alpha value is -0.620. The lowest BCUT2D eigenvalue weighted by atomic mass is 10.1. The number of hydrogen-bond acceptors (Lipinski definition) is 1. The zero-order valence-electron chi connectivity index (χ0n) is 6.65. The van der Waals surface area contributed by atoms with E-state index in [-0.39, 0.29) is 4.47 Å². The van der Waals surface area contributed by atoms with Crippen LogP contribution in [0.1, 0.15) is 11.7 Å². The Kier molecular flexibility index (Phi) is 3.16. The molecule has 0 saturated heterocycles. The summed E-state index contributed by atoms with van der Waals surface area (Å²) in [6, 6.07) is 3.33. The van der Waals surface area contributed by atoms with E-state index in [4.69, 9.17) is 5.11 Å². The van der Waals surface area contributed by atoms with E-state index in [0.717, 1.165) is 6.07 Å². The van der Waals surface area contributed by atoms with Crippen molar-refractivity contribution in [3.05, 3.63) is 34.1 Å². The molecule has 14 heavy (non-hydrogen) atoms. The van der Waals surface area contributed by atoms with Crippen molar-refractivity contribution in [3.8, 4) is 0 Å². The van der Waals surface area contributed by atoms with Gasteiger partial charge < -0.3 is 5.11 Å². The summed E-state index contributed by atoms with van der Waals surface area (Å²) in [5.41, 5.74) is -0.792. The molecule has 1 N–H and O–H groups in total. The summed E-state index contributed by atoms with van der Waals surface area (Å²) < 4.78 is 49.0. The fourth-order valence-corrected chi connectivity index (χ4v) is 1.49. The minimum atomic E-state index is -4.87. The molecule has 1 aromatic carbocycles. The monoisotopic (exact) mass is 272 g/mol. The van der Waals surface area contributed by atoms with Crippen LogP contribution in [-0.4, -0.2) is 11.3 Å². The minimum Gasteiger partial charge on any atom is -0.379 e. The van der Waals surface area contributed by atoms with Crippen LogP contribution >= 0.6 is 15.9 Å². The van der Waals surface area contributed by atoms with Gasteiger partial charge in [-0.15, -0.1) is 0 Å². The van der Waals surface area contributed by atoms with E-state index in [0.29, 0.717) is 0 Å². The van der Waals surface area contributed by atoms with Crippen LogP contribution in [0.2, 0.25) is 0 Å². The summed E-state index contributed by atoms with van der Waals surface area (Å²) in [5.74, 6) is -1.09. The molecule has 0 unspecified atom stereocenters. The lowest BCUT2D eigenvalue weighted by Gasteiger charge is -2.16. The maximum atomic E-state index is 12.9. The van der Waals surface area contributed by atoms with Crippen LogP contribution in [0.15, 0.2) is 22.7 Å². The quantitative estimate of drug-likeness (QED) is 0.779. The highest BCUT2D eigenvalue weighted by Crippen LogP contribution is 2.37. The van der Waals surface area contributed by atoms with Gasteiger partial charge in [0.2, 0.25) is 0 Å². The largest absolute Gasteiger partial charge is 0.418 e. The van der Waals surface area contributed by atoms with Gasteiger partial charge in [-0.25, -0.2) is 4.39 Å². The van der Waals surface area contributed by atoms with Gasteiger partial charge in [0, 0.05) is 10.0 Å². The van der Waals surface area contributed by atoms with E-state index in [2.05, 4.69) is 15.9 Å². The van der Waals surface area contributed by atoms with Crippen molar-refractivity contribution in [2.24, 2.45) is 0 Å². The Labute approximate surface area is 85.5 Å². The molecule has 0 saturated carbocycles. The van der Waals surface area contributed by atoms with Crippen LogP contribution in [0.3, 0.4) is 0 Å².